The Morgan fingerprint density at radius 1 is 1.17 bits per heavy atom. The summed E-state index contributed by atoms with van der Waals surface area (Å²) in [4.78, 5) is 23.4. The Balaban J connectivity index is 2.15. The van der Waals surface area contributed by atoms with Gasteiger partial charge in [-0.3, -0.25) is 4.79 Å². The molecule has 5 heteroatoms. The third-order valence-electron chi connectivity index (χ3n) is 3.44. The van der Waals surface area contributed by atoms with Crippen molar-refractivity contribution in [3.8, 4) is 5.75 Å². The van der Waals surface area contributed by atoms with Crippen molar-refractivity contribution in [2.45, 2.75) is 33.3 Å². The number of carbonyl (C=O) groups excluding carboxylic acids is 1. The molecule has 0 saturated heterocycles. The predicted octanol–water partition coefficient (Wildman–Crippen LogP) is 3.66. The Morgan fingerprint density at radius 3 is 2.54 bits per heavy atom. The van der Waals surface area contributed by atoms with Crippen molar-refractivity contribution >= 4 is 17.6 Å². The fraction of sp³-hybridized carbons (Fsp3) is 0.263. The van der Waals surface area contributed by atoms with Crippen LogP contribution < -0.4 is 10.1 Å². The molecule has 0 fully saturated rings. The lowest BCUT2D eigenvalue weighted by atomic mass is 10.1. The number of aromatic carboxylic acids is 1. The summed E-state index contributed by atoms with van der Waals surface area (Å²) in [5, 5.41) is 11.8. The standard InChI is InChI=1S/C19H21NO4/c1-12(2)24-17-7-5-4-6-14(17)11-18(21)20-16-10-15(19(22)23)9-8-13(16)3/h4-10,12H,11H2,1-3H3,(H,20,21)(H,22,23). The molecule has 0 saturated carbocycles. The third kappa shape index (κ3) is 4.59. The van der Waals surface area contributed by atoms with Crippen LogP contribution in [0.25, 0.3) is 0 Å². The van der Waals surface area contributed by atoms with Crippen LogP contribution in [0.4, 0.5) is 5.69 Å². The molecule has 126 valence electrons. The maximum atomic E-state index is 12.3. The van der Waals surface area contributed by atoms with Gasteiger partial charge in [0.1, 0.15) is 5.75 Å². The van der Waals surface area contributed by atoms with E-state index in [0.717, 1.165) is 11.1 Å². The SMILES string of the molecule is Cc1ccc(C(=O)O)cc1NC(=O)Cc1ccccc1OC(C)C. The number of ether oxygens (including phenoxy) is 1. The molecule has 0 heterocycles. The number of aryl methyl sites for hydroxylation is 1. The second-order valence-corrected chi connectivity index (χ2v) is 5.83. The minimum Gasteiger partial charge on any atom is -0.491 e. The zero-order valence-electron chi connectivity index (χ0n) is 14.0. The molecule has 2 aromatic carbocycles. The van der Waals surface area contributed by atoms with Gasteiger partial charge in [-0.2, -0.15) is 0 Å². The van der Waals surface area contributed by atoms with Gasteiger partial charge in [0.15, 0.2) is 0 Å². The van der Waals surface area contributed by atoms with Gasteiger partial charge in [-0.1, -0.05) is 24.3 Å². The highest BCUT2D eigenvalue weighted by molar-refractivity contribution is 5.95. The average Bonchev–Trinajstić information content (AvgIpc) is 2.50. The van der Waals surface area contributed by atoms with Crippen LogP contribution in [0.5, 0.6) is 5.75 Å². The number of rotatable bonds is 6. The summed E-state index contributed by atoms with van der Waals surface area (Å²) >= 11 is 0. The molecule has 1 amide bonds. The van der Waals surface area contributed by atoms with Crippen LogP contribution in [0.15, 0.2) is 42.5 Å². The number of benzene rings is 2. The molecule has 0 aliphatic rings. The molecule has 2 rings (SSSR count). The second kappa shape index (κ2) is 7.64. The Labute approximate surface area is 141 Å². The first kappa shape index (κ1) is 17.5. The fourth-order valence-electron chi connectivity index (χ4n) is 2.28. The lowest BCUT2D eigenvalue weighted by Gasteiger charge is -2.14. The monoisotopic (exact) mass is 327 g/mol. The molecule has 0 atom stereocenters. The number of hydrogen-bond acceptors (Lipinski definition) is 3. The van der Waals surface area contributed by atoms with Gasteiger partial charge in [0.25, 0.3) is 0 Å². The first-order valence-electron chi connectivity index (χ1n) is 7.75. The summed E-state index contributed by atoms with van der Waals surface area (Å²) in [5.74, 6) is -0.569. The largest absolute Gasteiger partial charge is 0.491 e. The van der Waals surface area contributed by atoms with E-state index < -0.39 is 5.97 Å². The maximum Gasteiger partial charge on any atom is 0.335 e. The van der Waals surface area contributed by atoms with E-state index >= 15 is 0 Å². The lowest BCUT2D eigenvalue weighted by molar-refractivity contribution is -0.115. The molecule has 0 radical (unpaired) electrons. The molecule has 0 unspecified atom stereocenters. The quantitative estimate of drug-likeness (QED) is 0.849. The normalized spacial score (nSPS) is 10.5. The van der Waals surface area contributed by atoms with Crippen LogP contribution in [0, 0.1) is 6.92 Å². The smallest absolute Gasteiger partial charge is 0.335 e. The molecular formula is C19H21NO4. The first-order chi connectivity index (χ1) is 11.4. The summed E-state index contributed by atoms with van der Waals surface area (Å²) in [6, 6.07) is 12.0. The van der Waals surface area contributed by atoms with E-state index in [0.29, 0.717) is 11.4 Å². The molecule has 0 bridgehead atoms. The number of amides is 1. The second-order valence-electron chi connectivity index (χ2n) is 5.83. The maximum absolute atomic E-state index is 12.3. The lowest BCUT2D eigenvalue weighted by Crippen LogP contribution is -2.17. The predicted molar refractivity (Wildman–Crippen MR) is 92.7 cm³/mol. The van der Waals surface area contributed by atoms with Crippen molar-refractivity contribution < 1.29 is 19.4 Å². The van der Waals surface area contributed by atoms with Crippen molar-refractivity contribution in [2.24, 2.45) is 0 Å². The van der Waals surface area contributed by atoms with Crippen molar-refractivity contribution in [3.05, 3.63) is 59.2 Å². The Kier molecular flexibility index (Phi) is 5.58. The van der Waals surface area contributed by atoms with Crippen LogP contribution in [0.1, 0.15) is 35.3 Å². The topological polar surface area (TPSA) is 75.6 Å². The third-order valence-corrected chi connectivity index (χ3v) is 3.44. The molecule has 24 heavy (non-hydrogen) atoms. The molecule has 0 spiro atoms. The van der Waals surface area contributed by atoms with Gasteiger partial charge in [0.05, 0.1) is 18.1 Å². The van der Waals surface area contributed by atoms with Crippen LogP contribution >= 0.6 is 0 Å². The van der Waals surface area contributed by atoms with Gasteiger partial charge < -0.3 is 15.2 Å². The molecule has 0 aromatic heterocycles. The van der Waals surface area contributed by atoms with Crippen LogP contribution in [0.3, 0.4) is 0 Å². The summed E-state index contributed by atoms with van der Waals surface area (Å²) in [5.41, 5.74) is 2.23. The van der Waals surface area contributed by atoms with Gasteiger partial charge in [0.2, 0.25) is 5.91 Å². The number of carboxylic acids is 1. The summed E-state index contributed by atoms with van der Waals surface area (Å²) < 4.78 is 5.71. The van der Waals surface area contributed by atoms with Gasteiger partial charge in [-0.15, -0.1) is 0 Å². The number of para-hydroxylation sites is 1. The zero-order valence-corrected chi connectivity index (χ0v) is 14.0. The molecule has 2 N–H and O–H groups in total. The van der Waals surface area contributed by atoms with Crippen molar-refractivity contribution in [3.63, 3.8) is 0 Å². The van der Waals surface area contributed by atoms with E-state index in [1.807, 2.05) is 45.0 Å². The highest BCUT2D eigenvalue weighted by Gasteiger charge is 2.12. The molecular weight excluding hydrogens is 306 g/mol. The minimum atomic E-state index is -1.03. The number of carbonyl (C=O) groups is 2. The van der Waals surface area contributed by atoms with Gasteiger partial charge in [-0.25, -0.2) is 4.79 Å². The van der Waals surface area contributed by atoms with Gasteiger partial charge in [-0.05, 0) is 44.5 Å². The van der Waals surface area contributed by atoms with Crippen LogP contribution in [-0.4, -0.2) is 23.1 Å². The minimum absolute atomic E-state index is 0.0173. The number of hydrogen-bond donors (Lipinski definition) is 2. The highest BCUT2D eigenvalue weighted by Crippen LogP contribution is 2.22. The number of anilines is 1. The summed E-state index contributed by atoms with van der Waals surface area (Å²) in [6.45, 7) is 5.67. The summed E-state index contributed by atoms with van der Waals surface area (Å²) in [7, 11) is 0. The van der Waals surface area contributed by atoms with E-state index in [1.54, 1.807) is 6.07 Å². The molecule has 0 aliphatic carbocycles. The van der Waals surface area contributed by atoms with E-state index in [-0.39, 0.29) is 24.0 Å². The van der Waals surface area contributed by atoms with Gasteiger partial charge in [0, 0.05) is 11.3 Å². The Bertz CT molecular complexity index is 753. The Morgan fingerprint density at radius 2 is 1.88 bits per heavy atom. The van der Waals surface area contributed by atoms with E-state index in [1.165, 1.54) is 12.1 Å². The summed E-state index contributed by atoms with van der Waals surface area (Å²) in [6.07, 6.45) is 0.170. The fourth-order valence-corrected chi connectivity index (χ4v) is 2.28. The molecule has 5 nitrogen and oxygen atoms in total. The van der Waals surface area contributed by atoms with Crippen molar-refractivity contribution in [2.75, 3.05) is 5.32 Å². The van der Waals surface area contributed by atoms with Crippen LogP contribution in [-0.2, 0) is 11.2 Å². The molecule has 2 aromatic rings. The number of nitrogens with one attached hydrogen (secondary N) is 1. The number of carboxylic acid groups (broad SMARTS) is 1. The van der Waals surface area contributed by atoms with E-state index in [9.17, 15) is 9.59 Å². The Hall–Kier alpha value is -2.82. The van der Waals surface area contributed by atoms with E-state index in [2.05, 4.69) is 5.32 Å². The molecule has 0 aliphatic heterocycles. The van der Waals surface area contributed by atoms with Crippen molar-refractivity contribution in [1.82, 2.24) is 0 Å². The van der Waals surface area contributed by atoms with Crippen LogP contribution in [0.2, 0.25) is 0 Å². The highest BCUT2D eigenvalue weighted by atomic mass is 16.5. The zero-order chi connectivity index (χ0) is 17.7. The average molecular weight is 327 g/mol. The van der Waals surface area contributed by atoms with Gasteiger partial charge >= 0.3 is 5.97 Å². The van der Waals surface area contributed by atoms with E-state index in [4.69, 9.17) is 9.84 Å². The first-order valence-corrected chi connectivity index (χ1v) is 7.75. The van der Waals surface area contributed by atoms with Crippen molar-refractivity contribution in [1.29, 1.82) is 0 Å².